The lowest BCUT2D eigenvalue weighted by molar-refractivity contribution is 1.17. The van der Waals surface area contributed by atoms with E-state index in [1.54, 1.807) is 0 Å². The van der Waals surface area contributed by atoms with Crippen LogP contribution in [0, 0.1) is 0 Å². The number of para-hydroxylation sites is 5. The molecule has 0 saturated heterocycles. The molecule has 0 radical (unpaired) electrons. The van der Waals surface area contributed by atoms with Gasteiger partial charge in [0, 0.05) is 38.6 Å². The van der Waals surface area contributed by atoms with Crippen LogP contribution in [-0.2, 0) is 0 Å². The van der Waals surface area contributed by atoms with Crippen LogP contribution < -0.4 is 4.90 Å². The fourth-order valence-corrected chi connectivity index (χ4v) is 7.34. The van der Waals surface area contributed by atoms with E-state index in [2.05, 4.69) is 172 Å². The van der Waals surface area contributed by atoms with E-state index in [9.17, 15) is 0 Å². The van der Waals surface area contributed by atoms with Gasteiger partial charge in [0.1, 0.15) is 0 Å². The molecule has 2 heterocycles. The number of hydrogen-bond acceptors (Lipinski definition) is 1. The molecule has 0 aliphatic heterocycles. The molecule has 9 rings (SSSR count). The minimum absolute atomic E-state index is 0.682. The second kappa shape index (κ2) is 10.7. The lowest BCUT2D eigenvalue weighted by Crippen LogP contribution is -2.11. The molecule has 7 aromatic carbocycles. The first kappa shape index (κ1) is 26.6. The van der Waals surface area contributed by atoms with Crippen LogP contribution in [0.15, 0.2) is 170 Å². The normalized spacial score (nSPS) is 11.6. The molecule has 0 atom stereocenters. The Kier molecular flexibility index (Phi) is 6.19. The number of aromatic nitrogens is 2. The molecule has 0 unspecified atom stereocenters. The fourth-order valence-electron chi connectivity index (χ4n) is 7.05. The van der Waals surface area contributed by atoms with Crippen LogP contribution in [0.2, 0.25) is 5.02 Å². The van der Waals surface area contributed by atoms with Crippen molar-refractivity contribution in [1.29, 1.82) is 0 Å². The zero-order valence-electron chi connectivity index (χ0n) is 24.9. The van der Waals surface area contributed by atoms with E-state index in [1.165, 1.54) is 32.6 Å². The summed E-state index contributed by atoms with van der Waals surface area (Å²) < 4.78 is 4.74. The third kappa shape index (κ3) is 3.99. The van der Waals surface area contributed by atoms with Crippen LogP contribution in [0.1, 0.15) is 0 Å². The first-order valence-corrected chi connectivity index (χ1v) is 15.9. The van der Waals surface area contributed by atoms with Crippen LogP contribution in [0.25, 0.3) is 55.0 Å². The van der Waals surface area contributed by atoms with Crippen LogP contribution in [0.5, 0.6) is 0 Å². The molecule has 218 valence electrons. The van der Waals surface area contributed by atoms with Gasteiger partial charge >= 0.3 is 0 Å². The van der Waals surface area contributed by atoms with E-state index in [1.807, 2.05) is 12.1 Å². The third-order valence-electron chi connectivity index (χ3n) is 8.95. The minimum Gasteiger partial charge on any atom is -0.309 e. The summed E-state index contributed by atoms with van der Waals surface area (Å²) in [6, 6.07) is 59.7. The van der Waals surface area contributed by atoms with Crippen molar-refractivity contribution in [2.45, 2.75) is 0 Å². The molecule has 0 N–H and O–H groups in total. The van der Waals surface area contributed by atoms with E-state index in [0.717, 1.165) is 39.5 Å². The van der Waals surface area contributed by atoms with Crippen LogP contribution in [0.4, 0.5) is 17.1 Å². The maximum Gasteiger partial charge on any atom is 0.0887 e. The molecule has 2 aromatic heterocycles. The Bertz CT molecular complexity index is 2490. The van der Waals surface area contributed by atoms with Gasteiger partial charge in [-0.15, -0.1) is 0 Å². The number of fused-ring (bicyclic) bond motifs is 7. The van der Waals surface area contributed by atoms with Crippen LogP contribution in [-0.4, -0.2) is 9.13 Å². The van der Waals surface area contributed by atoms with Gasteiger partial charge in [0.15, 0.2) is 0 Å². The van der Waals surface area contributed by atoms with Crippen molar-refractivity contribution in [2.75, 3.05) is 4.90 Å². The molecule has 0 aliphatic rings. The molecule has 0 saturated carbocycles. The monoisotopic (exact) mass is 609 g/mol. The molecule has 46 heavy (non-hydrogen) atoms. The van der Waals surface area contributed by atoms with Crippen molar-refractivity contribution in [2.24, 2.45) is 0 Å². The molecule has 0 bridgehead atoms. The lowest BCUT2D eigenvalue weighted by atomic mass is 10.1. The zero-order valence-corrected chi connectivity index (χ0v) is 25.6. The van der Waals surface area contributed by atoms with E-state index in [-0.39, 0.29) is 0 Å². The van der Waals surface area contributed by atoms with Crippen molar-refractivity contribution >= 4 is 72.3 Å². The molecular weight excluding hydrogens is 582 g/mol. The Hall–Kier alpha value is -5.77. The molecule has 4 heteroatoms. The second-order valence-electron chi connectivity index (χ2n) is 11.5. The Labute approximate surface area is 271 Å². The molecule has 9 aromatic rings. The molecule has 0 fully saturated rings. The van der Waals surface area contributed by atoms with Gasteiger partial charge < -0.3 is 14.0 Å². The summed E-state index contributed by atoms with van der Waals surface area (Å²) >= 11 is 7.54. The SMILES string of the molecule is Clc1c(N(c2ccccc2)c2ccccc2)cccc1-n1c2ccccc2c2c1ccc1c3ccccc3n(-c3ccccc3)c12. The standard InChI is InChI=1S/C42H28ClN3/c43-41-38(44(29-15-4-1-5-16-29)30-17-6-2-7-18-30)25-14-26-39(41)46-36-24-13-11-22-34(36)40-37(46)28-27-33-32-21-10-12-23-35(32)45(42(33)40)31-19-8-3-9-20-31/h1-28H. The Balaban J connectivity index is 1.38. The van der Waals surface area contributed by atoms with E-state index >= 15 is 0 Å². The van der Waals surface area contributed by atoms with Crippen molar-refractivity contribution in [3.8, 4) is 11.4 Å². The average molecular weight is 610 g/mol. The summed E-state index contributed by atoms with van der Waals surface area (Å²) in [5.41, 5.74) is 9.69. The fraction of sp³-hybridized carbons (Fsp3) is 0. The molecule has 0 aliphatic carbocycles. The first-order valence-electron chi connectivity index (χ1n) is 15.5. The molecule has 3 nitrogen and oxygen atoms in total. The number of benzene rings is 7. The summed E-state index contributed by atoms with van der Waals surface area (Å²) in [7, 11) is 0. The van der Waals surface area contributed by atoms with Gasteiger partial charge in [0.05, 0.1) is 38.5 Å². The highest BCUT2D eigenvalue weighted by molar-refractivity contribution is 6.36. The highest BCUT2D eigenvalue weighted by Crippen LogP contribution is 2.45. The number of nitrogens with zero attached hydrogens (tertiary/aromatic N) is 3. The maximum atomic E-state index is 7.54. The minimum atomic E-state index is 0.682. The van der Waals surface area contributed by atoms with Gasteiger partial charge in [0.25, 0.3) is 0 Å². The van der Waals surface area contributed by atoms with Gasteiger partial charge in [-0.2, -0.15) is 0 Å². The second-order valence-corrected chi connectivity index (χ2v) is 11.9. The van der Waals surface area contributed by atoms with Gasteiger partial charge in [-0.1, -0.05) is 115 Å². The smallest absolute Gasteiger partial charge is 0.0887 e. The number of hydrogen-bond donors (Lipinski definition) is 0. The van der Waals surface area contributed by atoms with Gasteiger partial charge in [-0.25, -0.2) is 0 Å². The third-order valence-corrected chi connectivity index (χ3v) is 9.34. The highest BCUT2D eigenvalue weighted by Gasteiger charge is 2.23. The average Bonchev–Trinajstić information content (AvgIpc) is 3.63. The van der Waals surface area contributed by atoms with Crippen molar-refractivity contribution in [3.05, 3.63) is 175 Å². The van der Waals surface area contributed by atoms with Crippen molar-refractivity contribution in [1.82, 2.24) is 9.13 Å². The van der Waals surface area contributed by atoms with Gasteiger partial charge in [0.2, 0.25) is 0 Å². The summed E-state index contributed by atoms with van der Waals surface area (Å²) in [4.78, 5) is 2.23. The summed E-state index contributed by atoms with van der Waals surface area (Å²) in [6.45, 7) is 0. The predicted octanol–water partition coefficient (Wildman–Crippen LogP) is 12.0. The summed E-state index contributed by atoms with van der Waals surface area (Å²) in [5.74, 6) is 0. The Morgan fingerprint density at radius 3 is 1.65 bits per heavy atom. The largest absolute Gasteiger partial charge is 0.309 e. The quantitative estimate of drug-likeness (QED) is 0.189. The van der Waals surface area contributed by atoms with Crippen LogP contribution in [0.3, 0.4) is 0 Å². The van der Waals surface area contributed by atoms with Gasteiger partial charge in [-0.3, -0.25) is 0 Å². The molecule has 0 spiro atoms. The zero-order chi connectivity index (χ0) is 30.6. The first-order chi connectivity index (χ1) is 22.8. The Morgan fingerprint density at radius 1 is 0.413 bits per heavy atom. The highest BCUT2D eigenvalue weighted by atomic mass is 35.5. The number of anilines is 3. The van der Waals surface area contributed by atoms with Crippen molar-refractivity contribution in [3.63, 3.8) is 0 Å². The lowest BCUT2D eigenvalue weighted by Gasteiger charge is -2.27. The molecular formula is C42H28ClN3. The molecule has 0 amide bonds. The van der Waals surface area contributed by atoms with E-state index < -0.39 is 0 Å². The number of halogens is 1. The van der Waals surface area contributed by atoms with E-state index in [4.69, 9.17) is 11.6 Å². The van der Waals surface area contributed by atoms with Gasteiger partial charge in [-0.05, 0) is 66.7 Å². The Morgan fingerprint density at radius 2 is 0.978 bits per heavy atom. The topological polar surface area (TPSA) is 13.1 Å². The van der Waals surface area contributed by atoms with Crippen molar-refractivity contribution < 1.29 is 0 Å². The number of rotatable bonds is 5. The van der Waals surface area contributed by atoms with E-state index in [0.29, 0.717) is 5.02 Å². The summed E-state index contributed by atoms with van der Waals surface area (Å²) in [5, 5.41) is 5.54. The summed E-state index contributed by atoms with van der Waals surface area (Å²) in [6.07, 6.45) is 0. The van der Waals surface area contributed by atoms with Crippen LogP contribution >= 0.6 is 11.6 Å². The maximum absolute atomic E-state index is 7.54. The predicted molar refractivity (Wildman–Crippen MR) is 195 cm³/mol.